The molecule has 0 aliphatic rings. The van der Waals surface area contributed by atoms with Gasteiger partial charge in [-0.1, -0.05) is 0 Å². The van der Waals surface area contributed by atoms with E-state index in [2.05, 4.69) is 20.8 Å². The average Bonchev–Trinajstić information content (AvgIpc) is 1.84. The fourth-order valence-corrected chi connectivity index (χ4v) is 3.24. The van der Waals surface area contributed by atoms with Crippen LogP contribution < -0.4 is 0 Å². The van der Waals surface area contributed by atoms with Crippen molar-refractivity contribution in [3.63, 3.8) is 0 Å². The predicted molar refractivity (Wildman–Crippen MR) is 35.5 cm³/mol. The summed E-state index contributed by atoms with van der Waals surface area (Å²) in [6.07, 6.45) is 0. The second-order valence-corrected chi connectivity index (χ2v) is 7.65. The molecule has 0 aromatic carbocycles. The number of hydrogen-bond donors (Lipinski definition) is 0. The van der Waals surface area contributed by atoms with Gasteiger partial charge in [0.05, 0.1) is 0 Å². The summed E-state index contributed by atoms with van der Waals surface area (Å²) in [5.74, 6) is 0.761. The van der Waals surface area contributed by atoms with E-state index in [0.717, 1.165) is 5.92 Å². The predicted octanol–water partition coefficient (Wildman–Crippen LogP) is 0.820. The van der Waals surface area contributed by atoms with Crippen LogP contribution in [0.3, 0.4) is 0 Å². The van der Waals surface area contributed by atoms with Crippen molar-refractivity contribution in [3.05, 3.63) is 0 Å². The summed E-state index contributed by atoms with van der Waals surface area (Å²) in [6, 6.07) is 0. The Balaban J connectivity index is 4.24. The van der Waals surface area contributed by atoms with Crippen LogP contribution in [-0.2, 0) is 58.1 Å². The second kappa shape index (κ2) is 5.34. The fourth-order valence-electron chi connectivity index (χ4n) is 0.436. The average molecular weight is 646 g/mol. The SMILES string of the molecule is C[C](=[W])[C](=[W])[C](=[W])C(C)C. The molecule has 0 aliphatic carbocycles. The van der Waals surface area contributed by atoms with Crippen molar-refractivity contribution >= 4 is 11.7 Å². The van der Waals surface area contributed by atoms with E-state index in [1.807, 2.05) is 0 Å². The maximum atomic E-state index is 2.28. The molecule has 0 unspecified atom stereocenters. The summed E-state index contributed by atoms with van der Waals surface area (Å²) in [4.78, 5) is 0. The van der Waals surface area contributed by atoms with Crippen molar-refractivity contribution < 1.29 is 58.1 Å². The molecule has 0 fully saturated rings. The van der Waals surface area contributed by atoms with Crippen molar-refractivity contribution in [1.82, 2.24) is 0 Å². The van der Waals surface area contributed by atoms with Gasteiger partial charge in [-0.15, -0.1) is 0 Å². The fraction of sp³-hybridized carbons (Fsp3) is 0.571. The first kappa shape index (κ1) is 11.7. The van der Waals surface area contributed by atoms with Gasteiger partial charge in [0.15, 0.2) is 0 Å². The van der Waals surface area contributed by atoms with E-state index >= 15 is 0 Å². The van der Waals surface area contributed by atoms with Crippen LogP contribution in [0.25, 0.3) is 0 Å². The van der Waals surface area contributed by atoms with Gasteiger partial charge in [-0.05, 0) is 0 Å². The van der Waals surface area contributed by atoms with E-state index in [1.165, 1.54) is 0 Å². The van der Waals surface area contributed by atoms with Gasteiger partial charge in [0.1, 0.15) is 0 Å². The van der Waals surface area contributed by atoms with Crippen LogP contribution in [0.15, 0.2) is 0 Å². The summed E-state index contributed by atoms with van der Waals surface area (Å²) >= 11 is 4.91. The van der Waals surface area contributed by atoms with Gasteiger partial charge in [-0.25, -0.2) is 0 Å². The first-order valence-corrected chi connectivity index (χ1v) is 7.46. The molecular formula is C7H10W3. The van der Waals surface area contributed by atoms with Crippen LogP contribution in [0, 0.1) is 5.92 Å². The van der Waals surface area contributed by atoms with Crippen LogP contribution in [-0.4, -0.2) is 11.7 Å². The second-order valence-electron chi connectivity index (χ2n) is 2.40. The van der Waals surface area contributed by atoms with Crippen LogP contribution in [0.5, 0.6) is 0 Å². The van der Waals surface area contributed by atoms with E-state index in [4.69, 9.17) is 0 Å². The Kier molecular flexibility index (Phi) is 6.24. The molecule has 0 aliphatic heterocycles. The van der Waals surface area contributed by atoms with Crippen LogP contribution in [0.4, 0.5) is 0 Å². The minimum absolute atomic E-state index is 0.761. The zero-order valence-electron chi connectivity index (χ0n) is 6.30. The van der Waals surface area contributed by atoms with E-state index < -0.39 is 0 Å². The third kappa shape index (κ3) is 3.89. The van der Waals surface area contributed by atoms with Gasteiger partial charge in [0, 0.05) is 0 Å². The molecule has 0 bridgehead atoms. The van der Waals surface area contributed by atoms with Crippen molar-refractivity contribution in [2.24, 2.45) is 5.92 Å². The Morgan fingerprint density at radius 1 is 1.10 bits per heavy atom. The topological polar surface area (TPSA) is 0 Å². The Hall–Kier alpha value is 1.67. The molecular weight excluding hydrogens is 636 g/mol. The standard InChI is InChI=1S/C7H10.3W/c1-4-5-6-7(2)3;;;/h7H,1-3H3;;;. The molecule has 0 saturated carbocycles. The summed E-state index contributed by atoms with van der Waals surface area (Å²) in [7, 11) is 0. The van der Waals surface area contributed by atoms with Crippen molar-refractivity contribution in [2.75, 3.05) is 0 Å². The molecule has 0 rings (SSSR count). The van der Waals surface area contributed by atoms with Gasteiger partial charge in [-0.3, -0.25) is 0 Å². The first-order chi connectivity index (χ1) is 4.46. The molecule has 0 nitrogen and oxygen atoms in total. The van der Waals surface area contributed by atoms with Crippen molar-refractivity contribution in [2.45, 2.75) is 20.8 Å². The van der Waals surface area contributed by atoms with E-state index in [1.54, 1.807) is 69.8 Å². The third-order valence-corrected chi connectivity index (χ3v) is 10.2. The van der Waals surface area contributed by atoms with E-state index in [9.17, 15) is 0 Å². The molecule has 0 N–H and O–H groups in total. The quantitative estimate of drug-likeness (QED) is 0.427. The summed E-state index contributed by atoms with van der Waals surface area (Å²) in [6.45, 7) is 6.80. The van der Waals surface area contributed by atoms with Gasteiger partial charge < -0.3 is 0 Å². The minimum atomic E-state index is 0.761. The molecule has 0 heterocycles. The molecule has 0 amide bonds. The Bertz CT molecular complexity index is 179. The maximum absolute atomic E-state index is 2.28. The Morgan fingerprint density at radius 2 is 1.50 bits per heavy atom. The Labute approximate surface area is 95.4 Å². The van der Waals surface area contributed by atoms with Crippen LogP contribution >= 0.6 is 0 Å². The molecule has 10 heavy (non-hydrogen) atoms. The van der Waals surface area contributed by atoms with E-state index in [-0.39, 0.29) is 0 Å². The third-order valence-electron chi connectivity index (χ3n) is 1.07. The van der Waals surface area contributed by atoms with Crippen molar-refractivity contribution in [3.8, 4) is 0 Å². The van der Waals surface area contributed by atoms with Gasteiger partial charge in [0.25, 0.3) is 0 Å². The van der Waals surface area contributed by atoms with Gasteiger partial charge >= 0.3 is 96.4 Å². The molecule has 0 saturated heterocycles. The molecule has 0 spiro atoms. The van der Waals surface area contributed by atoms with E-state index in [0.29, 0.717) is 0 Å². The number of rotatable bonds is 3. The zero-order valence-corrected chi connectivity index (χ0v) is 15.1. The molecule has 0 radical (unpaired) electrons. The van der Waals surface area contributed by atoms with Crippen LogP contribution in [0.2, 0.25) is 0 Å². The molecule has 0 atom stereocenters. The number of hydrogen-bond acceptors (Lipinski definition) is 0. The zero-order chi connectivity index (χ0) is 8.31. The molecule has 0 aromatic heterocycles. The Morgan fingerprint density at radius 3 is 1.60 bits per heavy atom. The summed E-state index contributed by atoms with van der Waals surface area (Å²) in [5, 5.41) is 0. The van der Waals surface area contributed by atoms with Crippen LogP contribution in [0.1, 0.15) is 20.8 Å². The summed E-state index contributed by atoms with van der Waals surface area (Å²) in [5.41, 5.74) is 0. The first-order valence-electron chi connectivity index (χ1n) is 3.06. The molecule has 56 valence electrons. The summed E-state index contributed by atoms with van der Waals surface area (Å²) < 4.78 is 4.86. The normalized spacial score (nSPS) is 9.60. The molecule has 0 aromatic rings. The van der Waals surface area contributed by atoms with Gasteiger partial charge in [-0.2, -0.15) is 0 Å². The monoisotopic (exact) mass is 646 g/mol. The van der Waals surface area contributed by atoms with Crippen molar-refractivity contribution in [1.29, 1.82) is 0 Å². The van der Waals surface area contributed by atoms with Gasteiger partial charge in [0.2, 0.25) is 0 Å². The molecule has 3 heteroatoms.